The number of hydrogen-bond acceptors (Lipinski definition) is 4. The van der Waals surface area contributed by atoms with E-state index in [4.69, 9.17) is 16.0 Å². The van der Waals surface area contributed by atoms with Gasteiger partial charge >= 0.3 is 0 Å². The summed E-state index contributed by atoms with van der Waals surface area (Å²) in [4.78, 5) is 2.43. The zero-order valence-corrected chi connectivity index (χ0v) is 14.4. The Kier molecular flexibility index (Phi) is 5.74. The van der Waals surface area contributed by atoms with Gasteiger partial charge in [0.2, 0.25) is 0 Å². The van der Waals surface area contributed by atoms with E-state index in [1.54, 1.807) is 12.3 Å². The predicted molar refractivity (Wildman–Crippen MR) is 93.1 cm³/mol. The number of furan rings is 1. The van der Waals surface area contributed by atoms with Crippen molar-refractivity contribution in [3.63, 3.8) is 0 Å². The maximum absolute atomic E-state index is 13.3. The highest BCUT2D eigenvalue weighted by atomic mass is 35.5. The number of halogens is 2. The lowest BCUT2D eigenvalue weighted by Crippen LogP contribution is -2.25. The summed E-state index contributed by atoms with van der Waals surface area (Å²) in [6.45, 7) is 2.07. The molecule has 1 aromatic carbocycles. The summed E-state index contributed by atoms with van der Waals surface area (Å²) in [7, 11) is 0. The Hall–Kier alpha value is -0.620. The topological polar surface area (TPSA) is 16.4 Å². The first-order chi connectivity index (χ1) is 10.7. The van der Waals surface area contributed by atoms with Gasteiger partial charge in [-0.3, -0.25) is 4.90 Å². The van der Waals surface area contributed by atoms with E-state index in [0.717, 1.165) is 41.7 Å². The average molecular weight is 358 g/mol. The second-order valence-corrected chi connectivity index (χ2v) is 7.77. The van der Waals surface area contributed by atoms with Crippen LogP contribution in [0.25, 0.3) is 0 Å². The largest absolute Gasteiger partial charge is 0.468 e. The highest BCUT2D eigenvalue weighted by molar-refractivity contribution is 7.99. The molecule has 1 aliphatic heterocycles. The first kappa shape index (κ1) is 16.2. The number of nitrogens with zero attached hydrogens (tertiary/aromatic N) is 1. The molecular weight excluding hydrogens is 341 g/mol. The minimum Gasteiger partial charge on any atom is -0.468 e. The highest BCUT2D eigenvalue weighted by Crippen LogP contribution is 2.38. The Morgan fingerprint density at radius 2 is 2.32 bits per heavy atom. The molecule has 1 aromatic heterocycles. The lowest BCUT2D eigenvalue weighted by molar-refractivity contribution is 0.309. The fraction of sp³-hybridized carbons (Fsp3) is 0.375. The number of rotatable bonds is 6. The van der Waals surface area contributed by atoms with E-state index in [9.17, 15) is 4.39 Å². The van der Waals surface area contributed by atoms with Crippen molar-refractivity contribution in [1.29, 1.82) is 0 Å². The molecule has 2 aromatic rings. The SMILES string of the molecule is Fc1ccc(C2SCCN2CCSCc2ccco2)cc1Cl. The summed E-state index contributed by atoms with van der Waals surface area (Å²) in [6.07, 6.45) is 1.71. The fourth-order valence-electron chi connectivity index (χ4n) is 2.46. The molecule has 1 saturated heterocycles. The Bertz CT molecular complexity index is 608. The monoisotopic (exact) mass is 357 g/mol. The summed E-state index contributed by atoms with van der Waals surface area (Å²) >= 11 is 9.67. The standard InChI is InChI=1S/C16H17ClFNOS2/c17-14-10-12(3-4-15(14)18)16-19(6-9-22-16)5-8-21-11-13-2-1-7-20-13/h1-4,7,10,16H,5-6,8-9,11H2. The fourth-order valence-corrected chi connectivity index (χ4v) is 4.84. The van der Waals surface area contributed by atoms with Crippen molar-refractivity contribution >= 4 is 35.1 Å². The molecule has 0 aliphatic carbocycles. The second-order valence-electron chi connectivity index (χ2n) is 5.06. The van der Waals surface area contributed by atoms with Crippen LogP contribution in [-0.2, 0) is 5.75 Å². The molecule has 6 heteroatoms. The minimum absolute atomic E-state index is 0.206. The highest BCUT2D eigenvalue weighted by Gasteiger charge is 2.26. The summed E-state index contributed by atoms with van der Waals surface area (Å²) in [5, 5.41) is 0.486. The molecule has 0 spiro atoms. The van der Waals surface area contributed by atoms with Gasteiger partial charge in [0.25, 0.3) is 0 Å². The molecule has 1 aliphatic rings. The third-order valence-electron chi connectivity index (χ3n) is 3.56. The van der Waals surface area contributed by atoms with Crippen LogP contribution in [0.15, 0.2) is 41.0 Å². The molecule has 0 radical (unpaired) electrons. The van der Waals surface area contributed by atoms with Gasteiger partial charge in [0, 0.05) is 24.6 Å². The summed E-state index contributed by atoms with van der Waals surface area (Å²) in [6, 6.07) is 8.97. The van der Waals surface area contributed by atoms with Crippen LogP contribution in [0.5, 0.6) is 0 Å². The molecule has 2 heterocycles. The van der Waals surface area contributed by atoms with E-state index in [2.05, 4.69) is 4.90 Å². The lowest BCUT2D eigenvalue weighted by atomic mass is 10.2. The van der Waals surface area contributed by atoms with Gasteiger partial charge in [-0.1, -0.05) is 17.7 Å². The first-order valence-electron chi connectivity index (χ1n) is 7.15. The van der Waals surface area contributed by atoms with E-state index in [1.807, 2.05) is 41.7 Å². The maximum Gasteiger partial charge on any atom is 0.141 e. The van der Waals surface area contributed by atoms with E-state index in [0.29, 0.717) is 0 Å². The molecule has 118 valence electrons. The number of hydrogen-bond donors (Lipinski definition) is 0. The molecule has 1 fully saturated rings. The van der Waals surface area contributed by atoms with E-state index in [1.165, 1.54) is 6.07 Å². The van der Waals surface area contributed by atoms with Gasteiger partial charge in [0.1, 0.15) is 11.6 Å². The minimum atomic E-state index is -0.353. The molecule has 0 N–H and O–H groups in total. The summed E-state index contributed by atoms with van der Waals surface area (Å²) < 4.78 is 18.6. The average Bonchev–Trinajstić information content (AvgIpc) is 3.18. The third kappa shape index (κ3) is 4.02. The van der Waals surface area contributed by atoms with Crippen molar-refractivity contribution in [3.05, 3.63) is 58.8 Å². The van der Waals surface area contributed by atoms with Crippen LogP contribution >= 0.6 is 35.1 Å². The second kappa shape index (κ2) is 7.77. The van der Waals surface area contributed by atoms with Crippen molar-refractivity contribution in [2.24, 2.45) is 0 Å². The maximum atomic E-state index is 13.3. The van der Waals surface area contributed by atoms with Crippen LogP contribution in [0.3, 0.4) is 0 Å². The summed E-state index contributed by atoms with van der Waals surface area (Å²) in [5.41, 5.74) is 1.09. The number of benzene rings is 1. The molecule has 0 saturated carbocycles. The van der Waals surface area contributed by atoms with Crippen molar-refractivity contribution < 1.29 is 8.81 Å². The normalized spacial score (nSPS) is 18.9. The molecule has 1 atom stereocenters. The summed E-state index contributed by atoms with van der Waals surface area (Å²) in [5.74, 6) is 3.72. The third-order valence-corrected chi connectivity index (χ3v) is 6.12. The van der Waals surface area contributed by atoms with Gasteiger partial charge in [-0.15, -0.1) is 11.8 Å². The molecule has 1 unspecified atom stereocenters. The Labute approximate surface area is 143 Å². The van der Waals surface area contributed by atoms with E-state index < -0.39 is 0 Å². The van der Waals surface area contributed by atoms with Crippen molar-refractivity contribution in [2.75, 3.05) is 24.6 Å². The molecule has 22 heavy (non-hydrogen) atoms. The van der Waals surface area contributed by atoms with Crippen molar-refractivity contribution in [2.45, 2.75) is 11.1 Å². The zero-order chi connectivity index (χ0) is 15.4. The van der Waals surface area contributed by atoms with Gasteiger partial charge in [-0.05, 0) is 29.8 Å². The van der Waals surface area contributed by atoms with Crippen molar-refractivity contribution in [1.82, 2.24) is 4.90 Å². The van der Waals surface area contributed by atoms with Crippen LogP contribution in [-0.4, -0.2) is 29.5 Å². The van der Waals surface area contributed by atoms with Crippen LogP contribution in [0.4, 0.5) is 4.39 Å². The van der Waals surface area contributed by atoms with Crippen LogP contribution in [0.2, 0.25) is 5.02 Å². The first-order valence-corrected chi connectivity index (χ1v) is 9.73. The Balaban J connectivity index is 1.53. The zero-order valence-electron chi connectivity index (χ0n) is 12.0. The van der Waals surface area contributed by atoms with E-state index >= 15 is 0 Å². The lowest BCUT2D eigenvalue weighted by Gasteiger charge is -2.23. The molecular formula is C16H17ClFNOS2. The van der Waals surface area contributed by atoms with Crippen LogP contribution in [0.1, 0.15) is 16.7 Å². The predicted octanol–water partition coefficient (Wildman–Crippen LogP) is 5.05. The quantitative estimate of drug-likeness (QED) is 0.672. The molecule has 3 rings (SSSR count). The Morgan fingerprint density at radius 3 is 3.09 bits per heavy atom. The Morgan fingerprint density at radius 1 is 1.41 bits per heavy atom. The van der Waals surface area contributed by atoms with Crippen LogP contribution < -0.4 is 0 Å². The van der Waals surface area contributed by atoms with Gasteiger partial charge < -0.3 is 4.42 Å². The molecule has 2 nitrogen and oxygen atoms in total. The van der Waals surface area contributed by atoms with Gasteiger partial charge in [0.15, 0.2) is 0 Å². The van der Waals surface area contributed by atoms with Crippen molar-refractivity contribution in [3.8, 4) is 0 Å². The van der Waals surface area contributed by atoms with Gasteiger partial charge in [-0.2, -0.15) is 11.8 Å². The number of thioether (sulfide) groups is 2. The van der Waals surface area contributed by atoms with Gasteiger partial charge in [0.05, 0.1) is 22.4 Å². The van der Waals surface area contributed by atoms with Crippen LogP contribution in [0, 0.1) is 5.82 Å². The van der Waals surface area contributed by atoms with E-state index in [-0.39, 0.29) is 16.2 Å². The van der Waals surface area contributed by atoms with Gasteiger partial charge in [-0.25, -0.2) is 4.39 Å². The molecule has 0 bridgehead atoms. The molecule has 0 amide bonds. The smallest absolute Gasteiger partial charge is 0.141 e.